The van der Waals surface area contributed by atoms with Crippen LogP contribution in [0.2, 0.25) is 0 Å². The maximum Gasteiger partial charge on any atom is 0.243 e. The number of hydrogen-bond acceptors (Lipinski definition) is 4. The maximum absolute atomic E-state index is 13.6. The molecular weight excluding hydrogens is 474 g/mol. The number of carbonyl (C=O) groups excluding carboxylic acids is 2. The number of nitrogens with one attached hydrogen (secondary N) is 1. The van der Waals surface area contributed by atoms with Gasteiger partial charge in [0.15, 0.2) is 0 Å². The van der Waals surface area contributed by atoms with E-state index in [1.165, 1.54) is 30.4 Å². The minimum absolute atomic E-state index is 0.202. The molecule has 1 aliphatic carbocycles. The van der Waals surface area contributed by atoms with Crippen molar-refractivity contribution in [1.29, 1.82) is 0 Å². The standard InChI is InChI=1S/C28H37N3O4S/c1-30(36(2,34)35)22-27(32)31(21-25-16-10-5-11-17-25)26(20-24-14-8-4-9-15-24)28(33)29-19-18-23-12-6-3-7-13-23/h4-5,8-12,14-17,26H,3,6-7,13,18-22H2,1-2H3,(H,29,33). The van der Waals surface area contributed by atoms with E-state index < -0.39 is 22.0 Å². The fourth-order valence-corrected chi connectivity index (χ4v) is 4.67. The molecule has 1 N–H and O–H groups in total. The van der Waals surface area contributed by atoms with Crippen LogP contribution in [-0.2, 0) is 32.6 Å². The van der Waals surface area contributed by atoms with Gasteiger partial charge < -0.3 is 10.2 Å². The Kier molecular flexibility index (Phi) is 10.3. The molecule has 3 rings (SSSR count). The lowest BCUT2D eigenvalue weighted by Gasteiger charge is -2.32. The van der Waals surface area contributed by atoms with Gasteiger partial charge in [-0.15, -0.1) is 0 Å². The topological polar surface area (TPSA) is 86.8 Å². The lowest BCUT2D eigenvalue weighted by atomic mass is 9.97. The summed E-state index contributed by atoms with van der Waals surface area (Å²) in [4.78, 5) is 28.6. The Morgan fingerprint density at radius 1 is 0.972 bits per heavy atom. The van der Waals surface area contributed by atoms with E-state index in [1.807, 2.05) is 60.7 Å². The van der Waals surface area contributed by atoms with Crippen LogP contribution in [0.1, 0.15) is 43.2 Å². The molecule has 194 valence electrons. The second-order valence-electron chi connectivity index (χ2n) is 9.38. The number of benzene rings is 2. The smallest absolute Gasteiger partial charge is 0.243 e. The molecule has 0 aliphatic heterocycles. The highest BCUT2D eigenvalue weighted by Crippen LogP contribution is 2.20. The molecule has 1 atom stereocenters. The van der Waals surface area contributed by atoms with Gasteiger partial charge in [0, 0.05) is 26.6 Å². The largest absolute Gasteiger partial charge is 0.354 e. The van der Waals surface area contributed by atoms with Crippen molar-refractivity contribution in [2.24, 2.45) is 0 Å². The van der Waals surface area contributed by atoms with Gasteiger partial charge in [-0.05, 0) is 43.2 Å². The monoisotopic (exact) mass is 511 g/mol. The van der Waals surface area contributed by atoms with E-state index in [-0.39, 0.29) is 19.0 Å². The van der Waals surface area contributed by atoms with Crippen LogP contribution in [0.3, 0.4) is 0 Å². The third-order valence-electron chi connectivity index (χ3n) is 6.52. The molecule has 0 aromatic heterocycles. The lowest BCUT2D eigenvalue weighted by molar-refractivity contribution is -0.141. The first kappa shape index (κ1) is 27.6. The Morgan fingerprint density at radius 3 is 2.19 bits per heavy atom. The molecule has 2 aromatic rings. The van der Waals surface area contributed by atoms with Crippen LogP contribution >= 0.6 is 0 Å². The third kappa shape index (κ3) is 8.60. The highest BCUT2D eigenvalue weighted by Gasteiger charge is 2.31. The summed E-state index contributed by atoms with van der Waals surface area (Å²) in [6.45, 7) is 0.372. The molecule has 8 heteroatoms. The molecule has 2 amide bonds. The SMILES string of the molecule is CN(CC(=O)N(Cc1ccccc1)C(Cc1ccccc1)C(=O)NCCC1=CCCCC1)S(C)(=O)=O. The molecule has 36 heavy (non-hydrogen) atoms. The first-order valence-electron chi connectivity index (χ1n) is 12.5. The van der Waals surface area contributed by atoms with Crippen LogP contribution in [0.25, 0.3) is 0 Å². The Morgan fingerprint density at radius 2 is 1.61 bits per heavy atom. The van der Waals surface area contributed by atoms with E-state index in [0.29, 0.717) is 13.0 Å². The number of sulfonamides is 1. The summed E-state index contributed by atoms with van der Waals surface area (Å²) in [5.74, 6) is -0.653. The van der Waals surface area contributed by atoms with Crippen LogP contribution in [-0.4, -0.2) is 61.9 Å². The van der Waals surface area contributed by atoms with E-state index in [9.17, 15) is 18.0 Å². The van der Waals surface area contributed by atoms with Gasteiger partial charge >= 0.3 is 0 Å². The van der Waals surface area contributed by atoms with E-state index in [1.54, 1.807) is 0 Å². The van der Waals surface area contributed by atoms with Crippen LogP contribution in [0.4, 0.5) is 0 Å². The Labute approximate surface area is 215 Å². The molecule has 2 aromatic carbocycles. The predicted molar refractivity (Wildman–Crippen MR) is 143 cm³/mol. The summed E-state index contributed by atoms with van der Waals surface area (Å²) >= 11 is 0. The van der Waals surface area contributed by atoms with E-state index >= 15 is 0 Å². The van der Waals surface area contributed by atoms with Crippen LogP contribution in [0, 0.1) is 0 Å². The third-order valence-corrected chi connectivity index (χ3v) is 7.78. The van der Waals surface area contributed by atoms with Gasteiger partial charge in [-0.2, -0.15) is 4.31 Å². The van der Waals surface area contributed by atoms with Crippen molar-refractivity contribution in [2.75, 3.05) is 26.4 Å². The Balaban J connectivity index is 1.85. The highest BCUT2D eigenvalue weighted by molar-refractivity contribution is 7.88. The van der Waals surface area contributed by atoms with Gasteiger partial charge in [-0.25, -0.2) is 8.42 Å². The molecule has 0 bridgehead atoms. The molecule has 1 aliphatic rings. The van der Waals surface area contributed by atoms with Gasteiger partial charge in [0.2, 0.25) is 21.8 Å². The minimum atomic E-state index is -3.56. The van der Waals surface area contributed by atoms with Crippen LogP contribution in [0.5, 0.6) is 0 Å². The zero-order valence-electron chi connectivity index (χ0n) is 21.2. The minimum Gasteiger partial charge on any atom is -0.354 e. The molecule has 0 saturated carbocycles. The van der Waals surface area contributed by atoms with E-state index in [0.717, 1.165) is 41.0 Å². The average molecular weight is 512 g/mol. The van der Waals surface area contributed by atoms with Crippen molar-refractivity contribution in [3.63, 3.8) is 0 Å². The van der Waals surface area contributed by atoms with E-state index in [2.05, 4.69) is 11.4 Å². The molecule has 0 spiro atoms. The summed E-state index contributed by atoms with van der Waals surface area (Å²) in [6.07, 6.45) is 9.02. The molecule has 7 nitrogen and oxygen atoms in total. The molecular formula is C28H37N3O4S. The fraction of sp³-hybridized carbons (Fsp3) is 0.429. The Hall–Kier alpha value is -2.97. The van der Waals surface area contributed by atoms with Gasteiger partial charge in [0.05, 0.1) is 12.8 Å². The zero-order chi connectivity index (χ0) is 26.0. The van der Waals surface area contributed by atoms with Crippen LogP contribution in [0.15, 0.2) is 72.3 Å². The second kappa shape index (κ2) is 13.4. The summed E-state index contributed by atoms with van der Waals surface area (Å²) in [7, 11) is -2.18. The average Bonchev–Trinajstić information content (AvgIpc) is 2.87. The quantitative estimate of drug-likeness (QED) is 0.442. The number of rotatable bonds is 12. The number of amides is 2. The van der Waals surface area contributed by atoms with Crippen molar-refractivity contribution in [3.8, 4) is 0 Å². The number of likely N-dealkylation sites (N-methyl/N-ethyl adjacent to an activating group) is 1. The first-order chi connectivity index (χ1) is 17.2. The van der Waals surface area contributed by atoms with Crippen molar-refractivity contribution in [3.05, 3.63) is 83.4 Å². The summed E-state index contributed by atoms with van der Waals surface area (Å²) in [6, 6.07) is 18.2. The summed E-state index contributed by atoms with van der Waals surface area (Å²) in [5, 5.41) is 3.05. The highest BCUT2D eigenvalue weighted by atomic mass is 32.2. The maximum atomic E-state index is 13.6. The normalized spacial score (nSPS) is 14.7. The van der Waals surface area contributed by atoms with Crippen molar-refractivity contribution < 1.29 is 18.0 Å². The van der Waals surface area contributed by atoms with Crippen molar-refractivity contribution in [1.82, 2.24) is 14.5 Å². The molecule has 0 heterocycles. The molecule has 0 saturated heterocycles. The number of nitrogens with zero attached hydrogens (tertiary/aromatic N) is 2. The number of allylic oxidation sites excluding steroid dienone is 1. The first-order valence-corrected chi connectivity index (χ1v) is 14.3. The van der Waals surface area contributed by atoms with Crippen molar-refractivity contribution >= 4 is 21.8 Å². The molecule has 1 unspecified atom stereocenters. The molecule has 0 radical (unpaired) electrons. The van der Waals surface area contributed by atoms with Gasteiger partial charge in [0.1, 0.15) is 6.04 Å². The second-order valence-corrected chi connectivity index (χ2v) is 11.5. The lowest BCUT2D eigenvalue weighted by Crippen LogP contribution is -2.53. The summed E-state index contributed by atoms with van der Waals surface area (Å²) in [5.41, 5.74) is 3.16. The number of hydrogen-bond donors (Lipinski definition) is 1. The van der Waals surface area contributed by atoms with Gasteiger partial charge in [-0.1, -0.05) is 72.3 Å². The fourth-order valence-electron chi connectivity index (χ4n) is 4.33. The molecule has 0 fully saturated rings. The van der Waals surface area contributed by atoms with Gasteiger partial charge in [0.25, 0.3) is 0 Å². The van der Waals surface area contributed by atoms with E-state index in [4.69, 9.17) is 0 Å². The Bertz CT molecular complexity index is 1130. The van der Waals surface area contributed by atoms with Crippen molar-refractivity contribution in [2.45, 2.75) is 51.1 Å². The van der Waals surface area contributed by atoms with Gasteiger partial charge in [-0.3, -0.25) is 9.59 Å². The number of carbonyl (C=O) groups is 2. The zero-order valence-corrected chi connectivity index (χ0v) is 22.0. The van der Waals surface area contributed by atoms with Crippen LogP contribution < -0.4 is 5.32 Å². The predicted octanol–water partition coefficient (Wildman–Crippen LogP) is 3.52. The summed E-state index contributed by atoms with van der Waals surface area (Å²) < 4.78 is 25.0.